The van der Waals surface area contributed by atoms with Crippen LogP contribution in [0, 0.1) is 5.92 Å². The quantitative estimate of drug-likeness (QED) is 0.780. The van der Waals surface area contributed by atoms with E-state index in [1.165, 1.54) is 0 Å². The summed E-state index contributed by atoms with van der Waals surface area (Å²) in [7, 11) is 0. The van der Waals surface area contributed by atoms with Crippen molar-refractivity contribution < 1.29 is 14.3 Å². The number of hydrogen-bond acceptors (Lipinski definition) is 6. The van der Waals surface area contributed by atoms with E-state index in [2.05, 4.69) is 15.2 Å². The third-order valence-corrected chi connectivity index (χ3v) is 4.04. The lowest BCUT2D eigenvalue weighted by atomic mass is 9.97. The maximum absolute atomic E-state index is 12.5. The molecule has 0 radical (unpaired) electrons. The number of aromatic nitrogens is 4. The first-order valence-electron chi connectivity index (χ1n) is 7.97. The third kappa shape index (κ3) is 3.42. The van der Waals surface area contributed by atoms with Crippen molar-refractivity contribution in [3.8, 4) is 5.82 Å². The van der Waals surface area contributed by atoms with Gasteiger partial charge >= 0.3 is 5.97 Å². The van der Waals surface area contributed by atoms with Gasteiger partial charge in [-0.25, -0.2) is 4.98 Å². The van der Waals surface area contributed by atoms with E-state index in [1.54, 1.807) is 47.2 Å². The number of carbonyl (C=O) groups is 2. The van der Waals surface area contributed by atoms with Gasteiger partial charge in [0.2, 0.25) is 0 Å². The number of rotatable bonds is 4. The maximum atomic E-state index is 12.5. The molecule has 24 heavy (non-hydrogen) atoms. The van der Waals surface area contributed by atoms with Gasteiger partial charge in [0.1, 0.15) is 6.33 Å². The highest BCUT2D eigenvalue weighted by Crippen LogP contribution is 2.20. The molecule has 0 spiro atoms. The zero-order chi connectivity index (χ0) is 16.9. The molecule has 8 heteroatoms. The van der Waals surface area contributed by atoms with Crippen LogP contribution < -0.4 is 0 Å². The summed E-state index contributed by atoms with van der Waals surface area (Å²) in [5, 5.41) is 8.07. The Bertz CT molecular complexity index is 691. The largest absolute Gasteiger partial charge is 0.466 e. The Morgan fingerprint density at radius 3 is 2.62 bits per heavy atom. The van der Waals surface area contributed by atoms with Crippen LogP contribution in [0.1, 0.15) is 30.3 Å². The summed E-state index contributed by atoms with van der Waals surface area (Å²) < 4.78 is 6.75. The monoisotopic (exact) mass is 329 g/mol. The number of ether oxygens (including phenoxy) is 1. The molecule has 3 heterocycles. The van der Waals surface area contributed by atoms with Crippen LogP contribution in [-0.4, -0.2) is 56.2 Å². The number of carbonyl (C=O) groups excluding carboxylic acids is 2. The predicted molar refractivity (Wildman–Crippen MR) is 84.4 cm³/mol. The minimum atomic E-state index is -0.172. The topological polar surface area (TPSA) is 90.2 Å². The fourth-order valence-corrected chi connectivity index (χ4v) is 2.71. The van der Waals surface area contributed by atoms with Crippen LogP contribution in [0.3, 0.4) is 0 Å². The highest BCUT2D eigenvalue weighted by Gasteiger charge is 2.29. The highest BCUT2D eigenvalue weighted by atomic mass is 16.5. The molecule has 1 aliphatic rings. The van der Waals surface area contributed by atoms with Crippen molar-refractivity contribution in [2.45, 2.75) is 19.8 Å². The maximum Gasteiger partial charge on any atom is 0.309 e. The zero-order valence-electron chi connectivity index (χ0n) is 13.5. The minimum Gasteiger partial charge on any atom is -0.466 e. The number of esters is 1. The average molecular weight is 329 g/mol. The summed E-state index contributed by atoms with van der Waals surface area (Å²) in [6.45, 7) is 3.22. The van der Waals surface area contributed by atoms with E-state index >= 15 is 0 Å². The van der Waals surface area contributed by atoms with Crippen LogP contribution in [0.5, 0.6) is 0 Å². The average Bonchev–Trinajstić information content (AvgIpc) is 3.16. The van der Waals surface area contributed by atoms with Gasteiger partial charge in [-0.2, -0.15) is 0 Å². The molecule has 1 fully saturated rings. The smallest absolute Gasteiger partial charge is 0.309 e. The highest BCUT2D eigenvalue weighted by molar-refractivity contribution is 5.92. The molecule has 0 unspecified atom stereocenters. The molecule has 0 aliphatic carbocycles. The van der Waals surface area contributed by atoms with Crippen LogP contribution in [0.25, 0.3) is 5.82 Å². The summed E-state index contributed by atoms with van der Waals surface area (Å²) in [5.41, 5.74) is 0.299. The lowest BCUT2D eigenvalue weighted by molar-refractivity contribution is -0.149. The van der Waals surface area contributed by atoms with Crippen LogP contribution in [0.2, 0.25) is 0 Å². The van der Waals surface area contributed by atoms with E-state index in [4.69, 9.17) is 4.74 Å². The van der Waals surface area contributed by atoms with Gasteiger partial charge in [0.05, 0.1) is 12.5 Å². The molecule has 0 bridgehead atoms. The van der Waals surface area contributed by atoms with E-state index in [9.17, 15) is 9.59 Å². The molecule has 2 aromatic rings. The number of likely N-dealkylation sites (tertiary alicyclic amines) is 1. The molecule has 8 nitrogen and oxygen atoms in total. The van der Waals surface area contributed by atoms with Crippen LogP contribution in [0.15, 0.2) is 30.9 Å². The molecule has 2 aromatic heterocycles. The first-order chi connectivity index (χ1) is 11.7. The van der Waals surface area contributed by atoms with E-state index in [1.807, 2.05) is 0 Å². The third-order valence-electron chi connectivity index (χ3n) is 4.04. The molecule has 126 valence electrons. The molecule has 0 N–H and O–H groups in total. The van der Waals surface area contributed by atoms with E-state index < -0.39 is 0 Å². The van der Waals surface area contributed by atoms with Crippen LogP contribution in [-0.2, 0) is 9.53 Å². The fraction of sp³-hybridized carbons (Fsp3) is 0.438. The van der Waals surface area contributed by atoms with Crippen LogP contribution in [0.4, 0.5) is 0 Å². The van der Waals surface area contributed by atoms with E-state index in [0.717, 1.165) is 0 Å². The minimum absolute atomic E-state index is 0.122. The van der Waals surface area contributed by atoms with Gasteiger partial charge in [-0.15, -0.1) is 10.2 Å². The van der Waals surface area contributed by atoms with Gasteiger partial charge in [0.15, 0.2) is 11.5 Å². The van der Waals surface area contributed by atoms with Crippen molar-refractivity contribution in [1.82, 2.24) is 24.6 Å². The number of piperidine rings is 1. The zero-order valence-corrected chi connectivity index (χ0v) is 13.5. The molecule has 1 saturated heterocycles. The predicted octanol–water partition coefficient (Wildman–Crippen LogP) is 1.08. The Morgan fingerprint density at radius 2 is 2.04 bits per heavy atom. The van der Waals surface area contributed by atoms with E-state index in [-0.39, 0.29) is 17.8 Å². The van der Waals surface area contributed by atoms with Gasteiger partial charge in [0, 0.05) is 25.5 Å². The van der Waals surface area contributed by atoms with Crippen LogP contribution >= 0.6 is 0 Å². The first kappa shape index (κ1) is 16.1. The summed E-state index contributed by atoms with van der Waals surface area (Å²) >= 11 is 0. The number of hydrogen-bond donors (Lipinski definition) is 0. The number of nitrogens with zero attached hydrogens (tertiary/aromatic N) is 5. The Morgan fingerprint density at radius 1 is 1.25 bits per heavy atom. The first-order valence-corrected chi connectivity index (χ1v) is 7.97. The normalized spacial score (nSPS) is 15.3. The van der Waals surface area contributed by atoms with E-state index in [0.29, 0.717) is 44.0 Å². The van der Waals surface area contributed by atoms with Crippen molar-refractivity contribution in [2.75, 3.05) is 19.7 Å². The fourth-order valence-electron chi connectivity index (χ4n) is 2.71. The second-order valence-corrected chi connectivity index (χ2v) is 5.57. The van der Waals surface area contributed by atoms with Crippen molar-refractivity contribution in [1.29, 1.82) is 0 Å². The summed E-state index contributed by atoms with van der Waals surface area (Å²) in [5.74, 6) is 0.143. The summed E-state index contributed by atoms with van der Waals surface area (Å²) in [6, 6.07) is 3.38. The SMILES string of the molecule is CCOC(=O)C1CCN(C(=O)c2ccc(-n3ccnc3)nn2)CC1. The van der Waals surface area contributed by atoms with Gasteiger partial charge in [-0.3, -0.25) is 14.2 Å². The second-order valence-electron chi connectivity index (χ2n) is 5.57. The lowest BCUT2D eigenvalue weighted by Crippen LogP contribution is -2.41. The molecule has 0 saturated carbocycles. The van der Waals surface area contributed by atoms with Crippen molar-refractivity contribution >= 4 is 11.9 Å². The Labute approximate surface area is 139 Å². The molecule has 0 aromatic carbocycles. The molecule has 3 rings (SSSR count). The lowest BCUT2D eigenvalue weighted by Gasteiger charge is -2.30. The molecule has 1 aliphatic heterocycles. The van der Waals surface area contributed by atoms with Crippen molar-refractivity contribution in [2.24, 2.45) is 5.92 Å². The Hall–Kier alpha value is -2.77. The molecule has 1 amide bonds. The van der Waals surface area contributed by atoms with Gasteiger partial charge in [-0.05, 0) is 31.9 Å². The Kier molecular flexibility index (Phi) is 4.83. The standard InChI is InChI=1S/C16H19N5O3/c1-2-24-16(23)12-5-8-20(9-6-12)15(22)13-3-4-14(19-18-13)21-10-7-17-11-21/h3-4,7,10-12H,2,5-6,8-9H2,1H3. The van der Waals surface area contributed by atoms with Gasteiger partial charge in [0.25, 0.3) is 5.91 Å². The van der Waals surface area contributed by atoms with Gasteiger partial charge < -0.3 is 9.64 Å². The number of amides is 1. The summed E-state index contributed by atoms with van der Waals surface area (Å²) in [6.07, 6.45) is 6.25. The van der Waals surface area contributed by atoms with Gasteiger partial charge in [-0.1, -0.05) is 0 Å². The molecular weight excluding hydrogens is 310 g/mol. The summed E-state index contributed by atoms with van der Waals surface area (Å²) in [4.78, 5) is 29.9. The van der Waals surface area contributed by atoms with Crippen molar-refractivity contribution in [3.05, 3.63) is 36.5 Å². The molecule has 0 atom stereocenters. The molecular formula is C16H19N5O3. The number of imidazole rings is 1. The second kappa shape index (κ2) is 7.20. The Balaban J connectivity index is 1.60. The van der Waals surface area contributed by atoms with Crippen molar-refractivity contribution in [3.63, 3.8) is 0 Å².